The van der Waals surface area contributed by atoms with E-state index in [9.17, 15) is 9.59 Å². The predicted octanol–water partition coefficient (Wildman–Crippen LogP) is 3.50. The molecular weight excluding hydrogens is 312 g/mol. The number of hydrogen-bond acceptors (Lipinski definition) is 2. The Kier molecular flexibility index (Phi) is 4.81. The number of likely N-dealkylation sites (tertiary alicyclic amines) is 1. The van der Waals surface area contributed by atoms with Gasteiger partial charge in [-0.25, -0.2) is 0 Å². The van der Waals surface area contributed by atoms with Gasteiger partial charge in [0, 0.05) is 19.5 Å². The van der Waals surface area contributed by atoms with Crippen LogP contribution in [0.4, 0.5) is 0 Å². The smallest absolute Gasteiger partial charge is 0.245 e. The minimum Gasteiger partial charge on any atom is -0.344 e. The third kappa shape index (κ3) is 3.59. The van der Waals surface area contributed by atoms with E-state index in [-0.39, 0.29) is 23.3 Å². The molecule has 1 N–H and O–H groups in total. The first-order chi connectivity index (χ1) is 12.1. The Hall–Kier alpha value is -1.06. The van der Waals surface area contributed by atoms with Crippen LogP contribution < -0.4 is 5.32 Å². The molecule has 25 heavy (non-hydrogen) atoms. The summed E-state index contributed by atoms with van der Waals surface area (Å²) in [5.74, 6) is 2.88. The second-order valence-corrected chi connectivity index (χ2v) is 9.51. The van der Waals surface area contributed by atoms with Gasteiger partial charge in [-0.2, -0.15) is 0 Å². The zero-order valence-electron chi connectivity index (χ0n) is 15.8. The first-order valence-electron chi connectivity index (χ1n) is 10.6. The molecule has 5 rings (SSSR count). The minimum absolute atomic E-state index is 0.124. The Morgan fingerprint density at radius 1 is 1.00 bits per heavy atom. The van der Waals surface area contributed by atoms with E-state index in [1.807, 2.05) is 11.8 Å². The molecule has 0 radical (unpaired) electrons. The molecular formula is C21H34N2O2. The van der Waals surface area contributed by atoms with Crippen LogP contribution in [0.15, 0.2) is 0 Å². The van der Waals surface area contributed by atoms with Crippen LogP contribution in [0.25, 0.3) is 0 Å². The summed E-state index contributed by atoms with van der Waals surface area (Å²) in [4.78, 5) is 27.5. The molecule has 4 aliphatic carbocycles. The van der Waals surface area contributed by atoms with Gasteiger partial charge in [0.05, 0.1) is 0 Å². The van der Waals surface area contributed by atoms with Crippen molar-refractivity contribution >= 4 is 11.8 Å². The second-order valence-electron chi connectivity index (χ2n) is 9.51. The van der Waals surface area contributed by atoms with Gasteiger partial charge < -0.3 is 10.2 Å². The molecule has 4 bridgehead atoms. The molecule has 0 aromatic rings. The van der Waals surface area contributed by atoms with E-state index in [4.69, 9.17) is 0 Å². The maximum atomic E-state index is 12.8. The van der Waals surface area contributed by atoms with Crippen LogP contribution in [-0.2, 0) is 9.59 Å². The summed E-state index contributed by atoms with van der Waals surface area (Å²) in [6.45, 7) is 3.73. The van der Waals surface area contributed by atoms with Crippen molar-refractivity contribution in [2.75, 3.05) is 13.1 Å². The molecule has 2 amide bonds. The van der Waals surface area contributed by atoms with E-state index in [1.54, 1.807) is 0 Å². The Balaban J connectivity index is 1.35. The van der Waals surface area contributed by atoms with E-state index in [2.05, 4.69) is 5.32 Å². The van der Waals surface area contributed by atoms with E-state index in [1.165, 1.54) is 44.9 Å². The first kappa shape index (κ1) is 17.4. The van der Waals surface area contributed by atoms with Crippen molar-refractivity contribution in [3.8, 4) is 0 Å². The number of carbonyl (C=O) groups is 2. The molecule has 1 heterocycles. The number of carbonyl (C=O) groups excluding carboxylic acids is 2. The Bertz CT molecular complexity index is 489. The summed E-state index contributed by atoms with van der Waals surface area (Å²) in [7, 11) is 0. The van der Waals surface area contributed by atoms with Crippen molar-refractivity contribution in [2.24, 2.45) is 23.2 Å². The van der Waals surface area contributed by atoms with Crippen LogP contribution in [0.2, 0.25) is 0 Å². The van der Waals surface area contributed by atoms with Gasteiger partial charge in [-0.1, -0.05) is 6.92 Å². The lowest BCUT2D eigenvalue weighted by Crippen LogP contribution is -2.52. The lowest BCUT2D eigenvalue weighted by molar-refractivity contribution is -0.139. The van der Waals surface area contributed by atoms with E-state index in [0.717, 1.165) is 43.7 Å². The van der Waals surface area contributed by atoms with Gasteiger partial charge in [0.25, 0.3) is 0 Å². The third-order valence-corrected chi connectivity index (χ3v) is 7.41. The highest BCUT2D eigenvalue weighted by Crippen LogP contribution is 2.61. The molecule has 0 aromatic carbocycles. The van der Waals surface area contributed by atoms with E-state index in [0.29, 0.717) is 12.8 Å². The van der Waals surface area contributed by atoms with Crippen LogP contribution in [-0.4, -0.2) is 35.8 Å². The van der Waals surface area contributed by atoms with Gasteiger partial charge in [0.2, 0.25) is 11.8 Å². The number of nitrogens with zero attached hydrogens (tertiary/aromatic N) is 1. The number of amides is 2. The van der Waals surface area contributed by atoms with Crippen LogP contribution in [0, 0.1) is 23.2 Å². The van der Waals surface area contributed by atoms with Gasteiger partial charge >= 0.3 is 0 Å². The fraction of sp³-hybridized carbons (Fsp3) is 0.905. The monoisotopic (exact) mass is 346 g/mol. The number of piperidine rings is 1. The van der Waals surface area contributed by atoms with Crippen molar-refractivity contribution in [3.63, 3.8) is 0 Å². The molecule has 1 saturated heterocycles. The summed E-state index contributed by atoms with van der Waals surface area (Å²) in [6, 6.07) is -0.320. The first-order valence-corrected chi connectivity index (χ1v) is 10.6. The molecule has 4 saturated carbocycles. The minimum atomic E-state index is -0.320. The second kappa shape index (κ2) is 6.92. The van der Waals surface area contributed by atoms with Gasteiger partial charge in [-0.05, 0) is 87.4 Å². The fourth-order valence-corrected chi connectivity index (χ4v) is 6.77. The van der Waals surface area contributed by atoms with Gasteiger partial charge in [-0.3, -0.25) is 9.59 Å². The molecule has 1 aliphatic heterocycles. The molecule has 0 aromatic heterocycles. The predicted molar refractivity (Wildman–Crippen MR) is 97.9 cm³/mol. The molecule has 4 nitrogen and oxygen atoms in total. The molecule has 1 atom stereocenters. The summed E-state index contributed by atoms with van der Waals surface area (Å²) in [5.41, 5.74) is 0.255. The van der Waals surface area contributed by atoms with Gasteiger partial charge in [0.15, 0.2) is 0 Å². The molecule has 5 fully saturated rings. The molecule has 4 heteroatoms. The van der Waals surface area contributed by atoms with Gasteiger partial charge in [-0.15, -0.1) is 0 Å². The van der Waals surface area contributed by atoms with Crippen molar-refractivity contribution in [2.45, 2.75) is 83.6 Å². The fourth-order valence-electron chi connectivity index (χ4n) is 6.77. The van der Waals surface area contributed by atoms with Crippen LogP contribution in [0.1, 0.15) is 77.6 Å². The summed E-state index contributed by atoms with van der Waals surface area (Å²) >= 11 is 0. The highest BCUT2D eigenvalue weighted by Gasteiger charge is 2.51. The largest absolute Gasteiger partial charge is 0.344 e. The van der Waals surface area contributed by atoms with Crippen molar-refractivity contribution in [3.05, 3.63) is 0 Å². The van der Waals surface area contributed by atoms with Gasteiger partial charge in [0.1, 0.15) is 6.04 Å². The summed E-state index contributed by atoms with van der Waals surface area (Å²) < 4.78 is 0. The molecule has 1 unspecified atom stereocenters. The molecule has 0 spiro atoms. The quantitative estimate of drug-likeness (QED) is 0.828. The van der Waals surface area contributed by atoms with Crippen LogP contribution in [0.5, 0.6) is 0 Å². The van der Waals surface area contributed by atoms with Crippen LogP contribution >= 0.6 is 0 Å². The Morgan fingerprint density at radius 3 is 2.08 bits per heavy atom. The standard InChI is InChI=1S/C21H34N2O2/c1-2-18(20(25)23-6-4-3-5-7-23)22-19(24)14-21-11-15-8-16(12-21)10-17(9-15)13-21/h15-18H,2-14H2,1H3,(H,22,24). The van der Waals surface area contributed by atoms with Crippen LogP contribution in [0.3, 0.4) is 0 Å². The zero-order chi connectivity index (χ0) is 17.4. The highest BCUT2D eigenvalue weighted by atomic mass is 16.2. The lowest BCUT2D eigenvalue weighted by atomic mass is 9.49. The topological polar surface area (TPSA) is 49.4 Å². The SMILES string of the molecule is CCC(NC(=O)CC12CC3CC(CC(C3)C1)C2)C(=O)N1CCCCC1. The summed E-state index contributed by atoms with van der Waals surface area (Å²) in [5, 5.41) is 3.11. The maximum Gasteiger partial charge on any atom is 0.245 e. The average Bonchev–Trinajstić information content (AvgIpc) is 2.58. The lowest BCUT2D eigenvalue weighted by Gasteiger charge is -2.56. The maximum absolute atomic E-state index is 12.8. The van der Waals surface area contributed by atoms with E-state index >= 15 is 0 Å². The highest BCUT2D eigenvalue weighted by molar-refractivity contribution is 5.87. The normalized spacial score (nSPS) is 37.8. The number of rotatable bonds is 5. The average molecular weight is 347 g/mol. The van der Waals surface area contributed by atoms with Crippen molar-refractivity contribution in [1.82, 2.24) is 10.2 Å². The Labute approximate surface area is 152 Å². The molecule has 140 valence electrons. The molecule has 5 aliphatic rings. The Morgan fingerprint density at radius 2 is 1.56 bits per heavy atom. The summed E-state index contributed by atoms with van der Waals surface area (Å²) in [6.07, 6.45) is 12.8. The number of nitrogens with one attached hydrogen (secondary N) is 1. The number of hydrogen-bond donors (Lipinski definition) is 1. The third-order valence-electron chi connectivity index (χ3n) is 7.41. The van der Waals surface area contributed by atoms with E-state index < -0.39 is 0 Å². The van der Waals surface area contributed by atoms with Crippen molar-refractivity contribution < 1.29 is 9.59 Å². The zero-order valence-corrected chi connectivity index (χ0v) is 15.8. The van der Waals surface area contributed by atoms with Crippen molar-refractivity contribution in [1.29, 1.82) is 0 Å².